The fourth-order valence-corrected chi connectivity index (χ4v) is 2.72. The lowest BCUT2D eigenvalue weighted by Gasteiger charge is -2.18. The number of nitrogens with zero attached hydrogens (tertiary/aromatic N) is 3. The van der Waals surface area contributed by atoms with Crippen molar-refractivity contribution in [3.63, 3.8) is 0 Å². The van der Waals surface area contributed by atoms with E-state index in [0.29, 0.717) is 35.4 Å². The van der Waals surface area contributed by atoms with Crippen LogP contribution in [0.2, 0.25) is 0 Å². The van der Waals surface area contributed by atoms with E-state index in [2.05, 4.69) is 4.99 Å². The molecule has 1 aromatic carbocycles. The van der Waals surface area contributed by atoms with Gasteiger partial charge in [0.15, 0.2) is 0 Å². The fourth-order valence-electron chi connectivity index (χ4n) is 2.72. The number of hydrogen-bond acceptors (Lipinski definition) is 6. The molecule has 0 aliphatic rings. The van der Waals surface area contributed by atoms with Gasteiger partial charge in [0.25, 0.3) is 5.56 Å². The van der Waals surface area contributed by atoms with Crippen LogP contribution < -0.4 is 5.56 Å². The van der Waals surface area contributed by atoms with Crippen LogP contribution in [0.4, 0.5) is 5.69 Å². The van der Waals surface area contributed by atoms with Crippen LogP contribution in [0.1, 0.15) is 60.3 Å². The van der Waals surface area contributed by atoms with Gasteiger partial charge in [-0.1, -0.05) is 6.92 Å². The summed E-state index contributed by atoms with van der Waals surface area (Å²) in [5, 5.41) is 20.0. The van der Waals surface area contributed by atoms with Gasteiger partial charge >= 0.3 is 5.97 Å². The maximum atomic E-state index is 12.5. The Labute approximate surface area is 163 Å². The number of aromatic nitrogens is 1. The zero-order valence-electron chi connectivity index (χ0n) is 16.4. The van der Waals surface area contributed by atoms with E-state index in [1.165, 1.54) is 10.8 Å². The van der Waals surface area contributed by atoms with Gasteiger partial charge in [0.1, 0.15) is 11.6 Å². The number of pyridine rings is 1. The third kappa shape index (κ3) is 4.12. The maximum absolute atomic E-state index is 12.5. The number of hydrogen-bond donors (Lipinski definition) is 1. The first kappa shape index (κ1) is 20.9. The first-order valence-corrected chi connectivity index (χ1v) is 9.05. The second-order valence-electron chi connectivity index (χ2n) is 6.31. The summed E-state index contributed by atoms with van der Waals surface area (Å²) in [5.41, 5.74) is 1.12. The molecule has 1 aromatic heterocycles. The lowest BCUT2D eigenvalue weighted by Crippen LogP contribution is -2.27. The van der Waals surface area contributed by atoms with Gasteiger partial charge in [-0.2, -0.15) is 5.26 Å². The van der Waals surface area contributed by atoms with E-state index >= 15 is 0 Å². The van der Waals surface area contributed by atoms with Crippen molar-refractivity contribution in [3.05, 3.63) is 56.9 Å². The molecule has 0 aliphatic carbocycles. The van der Waals surface area contributed by atoms with Gasteiger partial charge in [0, 0.05) is 12.3 Å². The number of ether oxygens (including phenoxy) is 1. The normalized spacial score (nSPS) is 12.0. The van der Waals surface area contributed by atoms with Crippen LogP contribution in [0, 0.1) is 18.3 Å². The molecule has 0 unspecified atom stereocenters. The molecule has 1 heterocycles. The van der Waals surface area contributed by atoms with Crippen molar-refractivity contribution in [2.24, 2.45) is 4.99 Å². The average Bonchev–Trinajstić information content (AvgIpc) is 2.68. The molecule has 0 fully saturated rings. The maximum Gasteiger partial charge on any atom is 0.338 e. The third-order valence-electron chi connectivity index (χ3n) is 4.55. The van der Waals surface area contributed by atoms with Crippen LogP contribution in [0.5, 0.6) is 5.88 Å². The summed E-state index contributed by atoms with van der Waals surface area (Å²) in [6.07, 6.45) is 2.04. The summed E-state index contributed by atoms with van der Waals surface area (Å²) in [6.45, 7) is 7.32. The molecule has 1 atom stereocenters. The zero-order valence-corrected chi connectivity index (χ0v) is 16.4. The highest BCUT2D eigenvalue weighted by Gasteiger charge is 2.20. The number of carbonyl (C=O) groups excluding carboxylic acids is 1. The van der Waals surface area contributed by atoms with Crippen molar-refractivity contribution in [2.75, 3.05) is 6.61 Å². The minimum Gasteiger partial charge on any atom is -0.494 e. The number of esters is 1. The Balaban J connectivity index is 2.47. The molecule has 146 valence electrons. The number of benzene rings is 1. The Morgan fingerprint density at radius 2 is 2.00 bits per heavy atom. The molecular weight excluding hydrogens is 358 g/mol. The summed E-state index contributed by atoms with van der Waals surface area (Å²) in [6, 6.07) is 8.13. The van der Waals surface area contributed by atoms with E-state index in [9.17, 15) is 20.0 Å². The zero-order chi connectivity index (χ0) is 20.8. The van der Waals surface area contributed by atoms with Crippen LogP contribution in [0.3, 0.4) is 0 Å². The Morgan fingerprint density at radius 3 is 2.54 bits per heavy atom. The summed E-state index contributed by atoms with van der Waals surface area (Å²) in [5.74, 6) is -0.631. The molecule has 0 saturated carbocycles. The van der Waals surface area contributed by atoms with Crippen LogP contribution in [-0.2, 0) is 4.74 Å². The summed E-state index contributed by atoms with van der Waals surface area (Å²) in [7, 11) is 0. The Kier molecular flexibility index (Phi) is 6.72. The van der Waals surface area contributed by atoms with Gasteiger partial charge in [0.2, 0.25) is 5.88 Å². The molecular formula is C21H23N3O4. The lowest BCUT2D eigenvalue weighted by molar-refractivity contribution is 0.0526. The first-order chi connectivity index (χ1) is 13.3. The van der Waals surface area contributed by atoms with Crippen molar-refractivity contribution < 1.29 is 14.6 Å². The van der Waals surface area contributed by atoms with Crippen molar-refractivity contribution in [1.29, 1.82) is 5.26 Å². The van der Waals surface area contributed by atoms with E-state index in [-0.39, 0.29) is 17.5 Å². The van der Waals surface area contributed by atoms with Crippen molar-refractivity contribution in [2.45, 2.75) is 40.2 Å². The molecule has 1 N–H and O–H groups in total. The highest BCUT2D eigenvalue weighted by molar-refractivity contribution is 5.90. The molecule has 0 amide bonds. The van der Waals surface area contributed by atoms with Gasteiger partial charge in [-0.3, -0.25) is 14.4 Å². The molecule has 0 aliphatic heterocycles. The SMILES string of the molecule is CCOC(=O)c1ccc(N=Cc2c(C)c(C#N)c(=O)n([C@H](C)CC)c2O)cc1. The molecule has 0 radical (unpaired) electrons. The Hall–Kier alpha value is -3.40. The molecule has 7 nitrogen and oxygen atoms in total. The average molecular weight is 381 g/mol. The van der Waals surface area contributed by atoms with E-state index < -0.39 is 11.5 Å². The molecule has 0 saturated heterocycles. The van der Waals surface area contributed by atoms with Gasteiger partial charge in [-0.05, 0) is 57.0 Å². The fraction of sp³-hybridized carbons (Fsp3) is 0.333. The van der Waals surface area contributed by atoms with Gasteiger partial charge in [0.05, 0.1) is 23.4 Å². The Morgan fingerprint density at radius 1 is 1.36 bits per heavy atom. The number of rotatable bonds is 6. The first-order valence-electron chi connectivity index (χ1n) is 9.05. The highest BCUT2D eigenvalue weighted by Crippen LogP contribution is 2.25. The smallest absolute Gasteiger partial charge is 0.338 e. The minimum absolute atomic E-state index is 0.0165. The van der Waals surface area contributed by atoms with Crippen molar-refractivity contribution in [3.8, 4) is 11.9 Å². The van der Waals surface area contributed by atoms with Crippen LogP contribution in [0.25, 0.3) is 0 Å². The number of aliphatic imine (C=N–C) groups is 1. The lowest BCUT2D eigenvalue weighted by atomic mass is 10.0. The van der Waals surface area contributed by atoms with Crippen LogP contribution in [0.15, 0.2) is 34.1 Å². The third-order valence-corrected chi connectivity index (χ3v) is 4.55. The Bertz CT molecular complexity index is 998. The topological polar surface area (TPSA) is 105 Å². The molecule has 2 rings (SSSR count). The summed E-state index contributed by atoms with van der Waals surface area (Å²) < 4.78 is 6.16. The standard InChI is InChI=1S/C21H23N3O4/c1-5-13(3)24-19(25)17(11-22)14(4)18(20(24)26)12-23-16-9-7-15(8-10-16)21(27)28-6-2/h7-10,12-13,26H,5-6H2,1-4H3/t13-/m1/s1. The van der Waals surface area contributed by atoms with E-state index in [1.54, 1.807) is 45.0 Å². The van der Waals surface area contributed by atoms with E-state index in [0.717, 1.165) is 0 Å². The van der Waals surface area contributed by atoms with E-state index in [1.807, 2.05) is 13.0 Å². The molecule has 0 spiro atoms. The quantitative estimate of drug-likeness (QED) is 0.608. The van der Waals surface area contributed by atoms with Gasteiger partial charge in [-0.25, -0.2) is 4.79 Å². The monoisotopic (exact) mass is 381 g/mol. The largest absolute Gasteiger partial charge is 0.494 e. The molecule has 28 heavy (non-hydrogen) atoms. The van der Waals surface area contributed by atoms with Crippen LogP contribution >= 0.6 is 0 Å². The van der Waals surface area contributed by atoms with Crippen LogP contribution in [-0.4, -0.2) is 28.5 Å². The molecule has 7 heteroatoms. The summed E-state index contributed by atoms with van der Waals surface area (Å²) >= 11 is 0. The summed E-state index contributed by atoms with van der Waals surface area (Å²) in [4.78, 5) is 28.5. The minimum atomic E-state index is -0.511. The number of aromatic hydroxyl groups is 1. The predicted molar refractivity (Wildman–Crippen MR) is 106 cm³/mol. The second-order valence-corrected chi connectivity index (χ2v) is 6.31. The van der Waals surface area contributed by atoms with Gasteiger partial charge in [-0.15, -0.1) is 0 Å². The number of carbonyl (C=O) groups is 1. The van der Waals surface area contributed by atoms with Crippen molar-refractivity contribution >= 4 is 17.9 Å². The second kappa shape index (κ2) is 9.00. The van der Waals surface area contributed by atoms with E-state index in [4.69, 9.17) is 4.74 Å². The molecule has 0 bridgehead atoms. The number of nitriles is 1. The van der Waals surface area contributed by atoms with Crippen molar-refractivity contribution in [1.82, 2.24) is 4.57 Å². The predicted octanol–water partition coefficient (Wildman–Crippen LogP) is 3.63. The highest BCUT2D eigenvalue weighted by atomic mass is 16.5. The molecule has 2 aromatic rings. The van der Waals surface area contributed by atoms with Gasteiger partial charge < -0.3 is 9.84 Å².